The highest BCUT2D eigenvalue weighted by Crippen LogP contribution is 2.47. The van der Waals surface area contributed by atoms with Crippen LogP contribution >= 0.6 is 69.8 Å². The van der Waals surface area contributed by atoms with Crippen molar-refractivity contribution in [1.29, 1.82) is 0 Å². The summed E-state index contributed by atoms with van der Waals surface area (Å²) in [5, 5.41) is 7.19. The van der Waals surface area contributed by atoms with E-state index < -0.39 is 5.91 Å². The molecule has 0 aliphatic heterocycles. The van der Waals surface area contributed by atoms with Crippen LogP contribution in [0.25, 0.3) is 5.69 Å². The van der Waals surface area contributed by atoms with Crippen molar-refractivity contribution in [2.45, 2.75) is 11.8 Å². The first-order chi connectivity index (χ1) is 14.7. The first-order valence-electron chi connectivity index (χ1n) is 8.55. The standard InChI is InChI=1S/C19H13Cl5N4O2S/c1-9-11(19(30)28(27-9)10-5-3-2-4-6-10)7-25-26-12(29)8-31-18-16(23)14(21)13(20)15(22)17(18)24/h2-7,27H,8H2,1H3,(H,26,29)/b25-7+. The van der Waals surface area contributed by atoms with E-state index in [0.29, 0.717) is 21.8 Å². The molecule has 6 nitrogen and oxygen atoms in total. The van der Waals surface area contributed by atoms with Gasteiger partial charge in [-0.1, -0.05) is 76.2 Å². The van der Waals surface area contributed by atoms with Gasteiger partial charge in [-0.15, -0.1) is 11.8 Å². The number of thioether (sulfide) groups is 1. The zero-order chi connectivity index (χ0) is 22.7. The average molecular weight is 539 g/mol. The summed E-state index contributed by atoms with van der Waals surface area (Å²) in [7, 11) is 0. The van der Waals surface area contributed by atoms with Crippen molar-refractivity contribution in [3.63, 3.8) is 0 Å². The number of hydrogen-bond acceptors (Lipinski definition) is 4. The number of carbonyl (C=O) groups excluding carboxylic acids is 1. The van der Waals surface area contributed by atoms with Gasteiger partial charge in [0.1, 0.15) is 0 Å². The van der Waals surface area contributed by atoms with Gasteiger partial charge in [0, 0.05) is 10.6 Å². The summed E-state index contributed by atoms with van der Waals surface area (Å²) in [6, 6.07) is 9.09. The van der Waals surface area contributed by atoms with Gasteiger partial charge in [0.15, 0.2) is 0 Å². The molecule has 0 aliphatic rings. The Kier molecular flexibility index (Phi) is 8.02. The van der Waals surface area contributed by atoms with Crippen LogP contribution in [0.2, 0.25) is 25.1 Å². The maximum atomic E-state index is 12.6. The number of nitrogens with one attached hydrogen (secondary N) is 2. The number of aryl methyl sites for hydroxylation is 1. The molecule has 0 unspecified atom stereocenters. The molecule has 0 radical (unpaired) electrons. The fourth-order valence-corrected chi connectivity index (χ4v) is 4.90. The number of halogens is 5. The largest absolute Gasteiger partial charge is 0.295 e. The van der Waals surface area contributed by atoms with E-state index in [2.05, 4.69) is 15.6 Å². The molecule has 0 fully saturated rings. The highest BCUT2D eigenvalue weighted by atomic mass is 35.5. The van der Waals surface area contributed by atoms with Crippen molar-refractivity contribution in [2.24, 2.45) is 5.10 Å². The van der Waals surface area contributed by atoms with E-state index in [9.17, 15) is 9.59 Å². The molecule has 3 rings (SSSR count). The SMILES string of the molecule is Cc1[nH]n(-c2ccccc2)c(=O)c1/C=N/NC(=O)CSc1c(Cl)c(Cl)c(Cl)c(Cl)c1Cl. The number of amides is 1. The third-order valence-electron chi connectivity index (χ3n) is 4.03. The highest BCUT2D eigenvalue weighted by molar-refractivity contribution is 8.00. The molecule has 3 aromatic rings. The molecule has 1 aromatic heterocycles. The summed E-state index contributed by atoms with van der Waals surface area (Å²) in [5.41, 5.74) is 3.67. The van der Waals surface area contributed by atoms with E-state index >= 15 is 0 Å². The molecule has 0 bridgehead atoms. The lowest BCUT2D eigenvalue weighted by molar-refractivity contribution is -0.118. The Hall–Kier alpha value is -1.61. The first-order valence-corrected chi connectivity index (χ1v) is 11.4. The van der Waals surface area contributed by atoms with E-state index in [4.69, 9.17) is 58.0 Å². The van der Waals surface area contributed by atoms with Crippen LogP contribution in [0.1, 0.15) is 11.3 Å². The third kappa shape index (κ3) is 5.25. The molecule has 1 heterocycles. The van der Waals surface area contributed by atoms with Crippen molar-refractivity contribution in [3.8, 4) is 5.69 Å². The van der Waals surface area contributed by atoms with Crippen LogP contribution in [0.3, 0.4) is 0 Å². The molecular weight excluding hydrogens is 526 g/mol. The Balaban J connectivity index is 1.68. The minimum atomic E-state index is -0.452. The van der Waals surface area contributed by atoms with Gasteiger partial charge in [0.05, 0.1) is 48.3 Å². The fraction of sp³-hybridized carbons (Fsp3) is 0.105. The molecule has 2 N–H and O–H groups in total. The zero-order valence-electron chi connectivity index (χ0n) is 15.7. The predicted molar refractivity (Wildman–Crippen MR) is 129 cm³/mol. The molecule has 0 spiro atoms. The number of aromatic nitrogens is 2. The summed E-state index contributed by atoms with van der Waals surface area (Å²) in [6.45, 7) is 1.73. The molecule has 2 aromatic carbocycles. The number of para-hydroxylation sites is 1. The van der Waals surface area contributed by atoms with E-state index in [1.54, 1.807) is 19.1 Å². The summed E-state index contributed by atoms with van der Waals surface area (Å²) in [5.74, 6) is -0.530. The number of H-pyrrole nitrogens is 1. The number of nitrogens with zero attached hydrogens (tertiary/aromatic N) is 2. The number of benzene rings is 2. The van der Waals surface area contributed by atoms with E-state index in [0.717, 1.165) is 11.8 Å². The van der Waals surface area contributed by atoms with Crippen LogP contribution in [0, 0.1) is 6.92 Å². The van der Waals surface area contributed by atoms with Crippen molar-refractivity contribution >= 4 is 81.9 Å². The lowest BCUT2D eigenvalue weighted by Crippen LogP contribution is -2.21. The third-order valence-corrected chi connectivity index (χ3v) is 7.64. The lowest BCUT2D eigenvalue weighted by Gasteiger charge is -2.11. The Morgan fingerprint density at radius 3 is 2.26 bits per heavy atom. The Labute approximate surface area is 206 Å². The molecule has 162 valence electrons. The summed E-state index contributed by atoms with van der Waals surface area (Å²) in [6.07, 6.45) is 1.28. The van der Waals surface area contributed by atoms with Gasteiger partial charge in [0.25, 0.3) is 5.56 Å². The molecule has 12 heteroatoms. The maximum absolute atomic E-state index is 12.6. The van der Waals surface area contributed by atoms with Crippen molar-refractivity contribution in [1.82, 2.24) is 15.2 Å². The van der Waals surface area contributed by atoms with E-state index in [-0.39, 0.29) is 36.4 Å². The Morgan fingerprint density at radius 1 is 1.06 bits per heavy atom. The van der Waals surface area contributed by atoms with Gasteiger partial charge in [-0.2, -0.15) is 5.10 Å². The molecule has 0 saturated heterocycles. The van der Waals surface area contributed by atoms with E-state index in [1.807, 2.05) is 18.2 Å². The Morgan fingerprint density at radius 2 is 1.65 bits per heavy atom. The predicted octanol–water partition coefficient (Wildman–Crippen LogP) is 5.98. The summed E-state index contributed by atoms with van der Waals surface area (Å²) < 4.78 is 1.40. The van der Waals surface area contributed by atoms with Crippen LogP contribution in [-0.2, 0) is 4.79 Å². The molecule has 31 heavy (non-hydrogen) atoms. The van der Waals surface area contributed by atoms with Crippen molar-refractivity contribution in [3.05, 3.63) is 77.1 Å². The van der Waals surface area contributed by atoms with Crippen molar-refractivity contribution < 1.29 is 4.79 Å². The fourth-order valence-electron chi connectivity index (χ4n) is 2.52. The number of carbonyl (C=O) groups is 1. The van der Waals surface area contributed by atoms with E-state index in [1.165, 1.54) is 10.9 Å². The van der Waals surface area contributed by atoms with Crippen LogP contribution in [0.4, 0.5) is 0 Å². The van der Waals surface area contributed by atoms with Gasteiger partial charge < -0.3 is 0 Å². The monoisotopic (exact) mass is 536 g/mol. The maximum Gasteiger partial charge on any atom is 0.280 e. The molecular formula is C19H13Cl5N4O2S. The average Bonchev–Trinajstić information content (AvgIpc) is 3.05. The Bertz CT molecular complexity index is 1200. The number of hydrogen-bond donors (Lipinski definition) is 2. The second-order valence-corrected chi connectivity index (χ2v) is 8.98. The molecule has 0 atom stereocenters. The van der Waals surface area contributed by atoms with Crippen LogP contribution in [0.5, 0.6) is 0 Å². The normalized spacial score (nSPS) is 11.3. The van der Waals surface area contributed by atoms with Crippen LogP contribution in [0.15, 0.2) is 45.1 Å². The van der Waals surface area contributed by atoms with Gasteiger partial charge in [-0.25, -0.2) is 10.1 Å². The minimum absolute atomic E-state index is 0.0415. The second-order valence-electron chi connectivity index (χ2n) is 6.11. The lowest BCUT2D eigenvalue weighted by atomic mass is 10.3. The highest BCUT2D eigenvalue weighted by Gasteiger charge is 2.20. The van der Waals surface area contributed by atoms with Crippen LogP contribution in [-0.4, -0.2) is 27.7 Å². The zero-order valence-corrected chi connectivity index (χ0v) is 20.3. The topological polar surface area (TPSA) is 79.2 Å². The molecule has 0 saturated carbocycles. The summed E-state index contributed by atoms with van der Waals surface area (Å²) in [4.78, 5) is 25.1. The van der Waals surface area contributed by atoms with Gasteiger partial charge >= 0.3 is 0 Å². The first kappa shape index (κ1) is 24.0. The molecule has 0 aliphatic carbocycles. The van der Waals surface area contributed by atoms with Gasteiger partial charge in [-0.05, 0) is 19.1 Å². The summed E-state index contributed by atoms with van der Waals surface area (Å²) >= 11 is 31.3. The number of aromatic amines is 1. The number of rotatable bonds is 6. The minimum Gasteiger partial charge on any atom is -0.295 e. The second kappa shape index (κ2) is 10.3. The van der Waals surface area contributed by atoms with Gasteiger partial charge in [-0.3, -0.25) is 14.7 Å². The molecule has 1 amide bonds. The quantitative estimate of drug-likeness (QED) is 0.133. The number of hydrazone groups is 1. The smallest absolute Gasteiger partial charge is 0.280 e. The van der Waals surface area contributed by atoms with Crippen LogP contribution < -0.4 is 11.0 Å². The van der Waals surface area contributed by atoms with Crippen molar-refractivity contribution in [2.75, 3.05) is 5.75 Å². The van der Waals surface area contributed by atoms with Gasteiger partial charge in [0.2, 0.25) is 5.91 Å².